The Balaban J connectivity index is 1.97. The van der Waals surface area contributed by atoms with Crippen LogP contribution >= 0.6 is 23.1 Å². The molecular formula is C12H20N2S2. The molecule has 0 spiro atoms. The van der Waals surface area contributed by atoms with Gasteiger partial charge >= 0.3 is 0 Å². The fraction of sp³-hybridized carbons (Fsp3) is 0.750. The summed E-state index contributed by atoms with van der Waals surface area (Å²) in [6.07, 6.45) is 3.88. The maximum Gasteiger partial charge on any atom is 0.106 e. The number of thioether (sulfide) groups is 1. The molecule has 90 valence electrons. The van der Waals surface area contributed by atoms with E-state index in [0.717, 1.165) is 13.1 Å². The molecule has 1 aliphatic heterocycles. The quantitative estimate of drug-likeness (QED) is 0.816. The standard InChI is InChI=1S/C12H20N2S2/c1-3-6-13-8-11-9(2)14-12(16-11)10-5-4-7-15-10/h10,13H,3-8H2,1-2H3. The fourth-order valence-corrected chi connectivity index (χ4v) is 4.45. The zero-order valence-electron chi connectivity index (χ0n) is 10.1. The van der Waals surface area contributed by atoms with Crippen LogP contribution in [-0.2, 0) is 6.54 Å². The third-order valence-corrected chi connectivity index (χ3v) is 5.63. The highest BCUT2D eigenvalue weighted by Gasteiger charge is 2.21. The molecule has 1 saturated heterocycles. The molecule has 2 rings (SSSR count). The van der Waals surface area contributed by atoms with Crippen LogP contribution in [0.25, 0.3) is 0 Å². The number of nitrogens with one attached hydrogen (secondary N) is 1. The Morgan fingerprint density at radius 1 is 1.50 bits per heavy atom. The summed E-state index contributed by atoms with van der Waals surface area (Å²) in [6.45, 7) is 6.44. The van der Waals surface area contributed by atoms with Crippen molar-refractivity contribution in [2.24, 2.45) is 0 Å². The molecule has 0 aromatic carbocycles. The van der Waals surface area contributed by atoms with Gasteiger partial charge in [0.15, 0.2) is 0 Å². The van der Waals surface area contributed by atoms with Crippen LogP contribution in [0, 0.1) is 6.92 Å². The number of aromatic nitrogens is 1. The van der Waals surface area contributed by atoms with Crippen molar-refractivity contribution in [2.75, 3.05) is 12.3 Å². The SMILES string of the molecule is CCCNCc1sc(C2CCCS2)nc1C. The lowest BCUT2D eigenvalue weighted by molar-refractivity contribution is 0.678. The van der Waals surface area contributed by atoms with Crippen molar-refractivity contribution in [1.82, 2.24) is 10.3 Å². The number of rotatable bonds is 5. The Hall–Kier alpha value is -0.0600. The van der Waals surface area contributed by atoms with Gasteiger partial charge < -0.3 is 5.32 Å². The lowest BCUT2D eigenvalue weighted by Gasteiger charge is -2.02. The van der Waals surface area contributed by atoms with Crippen LogP contribution in [0.4, 0.5) is 0 Å². The van der Waals surface area contributed by atoms with Gasteiger partial charge in [-0.05, 0) is 38.5 Å². The molecule has 0 bridgehead atoms. The Kier molecular flexibility index (Phi) is 4.67. The number of hydrogen-bond donors (Lipinski definition) is 1. The molecule has 1 fully saturated rings. The van der Waals surface area contributed by atoms with Gasteiger partial charge in [0.05, 0.1) is 10.9 Å². The molecule has 1 atom stereocenters. The predicted molar refractivity (Wildman–Crippen MR) is 73.3 cm³/mol. The first kappa shape index (κ1) is 12.4. The van der Waals surface area contributed by atoms with Gasteiger partial charge in [-0.3, -0.25) is 0 Å². The van der Waals surface area contributed by atoms with E-state index in [2.05, 4.69) is 30.9 Å². The molecule has 1 aromatic rings. The average molecular weight is 256 g/mol. The minimum atomic E-state index is 0.684. The number of hydrogen-bond acceptors (Lipinski definition) is 4. The molecule has 4 heteroatoms. The summed E-state index contributed by atoms with van der Waals surface area (Å²) >= 11 is 3.99. The van der Waals surface area contributed by atoms with Crippen LogP contribution in [-0.4, -0.2) is 17.3 Å². The average Bonchev–Trinajstić information content (AvgIpc) is 2.88. The summed E-state index contributed by atoms with van der Waals surface area (Å²) in [5.74, 6) is 1.31. The third-order valence-electron chi connectivity index (χ3n) is 2.83. The summed E-state index contributed by atoms with van der Waals surface area (Å²) in [4.78, 5) is 6.16. The zero-order valence-corrected chi connectivity index (χ0v) is 11.7. The second kappa shape index (κ2) is 6.03. The second-order valence-electron chi connectivity index (χ2n) is 4.24. The number of nitrogens with zero attached hydrogens (tertiary/aromatic N) is 1. The molecule has 2 heterocycles. The molecule has 0 radical (unpaired) electrons. The molecule has 16 heavy (non-hydrogen) atoms. The lowest BCUT2D eigenvalue weighted by atomic mass is 10.2. The summed E-state index contributed by atoms with van der Waals surface area (Å²) in [7, 11) is 0. The highest BCUT2D eigenvalue weighted by atomic mass is 32.2. The van der Waals surface area contributed by atoms with Gasteiger partial charge in [0.2, 0.25) is 0 Å². The van der Waals surface area contributed by atoms with Gasteiger partial charge in [-0.1, -0.05) is 6.92 Å². The minimum Gasteiger partial charge on any atom is -0.312 e. The van der Waals surface area contributed by atoms with Crippen LogP contribution in [0.3, 0.4) is 0 Å². The lowest BCUT2D eigenvalue weighted by Crippen LogP contribution is -2.13. The van der Waals surface area contributed by atoms with Gasteiger partial charge in [-0.15, -0.1) is 11.3 Å². The van der Waals surface area contributed by atoms with Crippen molar-refractivity contribution in [2.45, 2.75) is 44.9 Å². The van der Waals surface area contributed by atoms with Crippen molar-refractivity contribution in [3.63, 3.8) is 0 Å². The summed E-state index contributed by atoms with van der Waals surface area (Å²) in [5, 5.41) is 5.50. The van der Waals surface area contributed by atoms with E-state index in [1.165, 1.54) is 40.6 Å². The van der Waals surface area contributed by atoms with Crippen LogP contribution in [0.1, 0.15) is 47.0 Å². The second-order valence-corrected chi connectivity index (χ2v) is 6.66. The van der Waals surface area contributed by atoms with E-state index >= 15 is 0 Å². The monoisotopic (exact) mass is 256 g/mol. The van der Waals surface area contributed by atoms with Crippen LogP contribution in [0.5, 0.6) is 0 Å². The molecule has 2 nitrogen and oxygen atoms in total. The Morgan fingerprint density at radius 3 is 3.06 bits per heavy atom. The highest BCUT2D eigenvalue weighted by Crippen LogP contribution is 2.41. The van der Waals surface area contributed by atoms with Crippen molar-refractivity contribution in [3.8, 4) is 0 Å². The van der Waals surface area contributed by atoms with Gasteiger partial charge in [-0.25, -0.2) is 4.98 Å². The van der Waals surface area contributed by atoms with Crippen molar-refractivity contribution < 1.29 is 0 Å². The van der Waals surface area contributed by atoms with Crippen LogP contribution in [0.2, 0.25) is 0 Å². The molecule has 0 saturated carbocycles. The van der Waals surface area contributed by atoms with E-state index < -0.39 is 0 Å². The first-order valence-corrected chi connectivity index (χ1v) is 7.96. The third kappa shape index (κ3) is 2.99. The van der Waals surface area contributed by atoms with Crippen molar-refractivity contribution in [1.29, 1.82) is 0 Å². The van der Waals surface area contributed by atoms with Gasteiger partial charge in [-0.2, -0.15) is 11.8 Å². The van der Waals surface area contributed by atoms with Crippen molar-refractivity contribution in [3.05, 3.63) is 15.6 Å². The normalized spacial score (nSPS) is 20.5. The smallest absolute Gasteiger partial charge is 0.106 e. The minimum absolute atomic E-state index is 0.684. The van der Waals surface area contributed by atoms with E-state index in [1.807, 2.05) is 11.3 Å². The largest absolute Gasteiger partial charge is 0.312 e. The Morgan fingerprint density at radius 2 is 2.38 bits per heavy atom. The van der Waals surface area contributed by atoms with Gasteiger partial charge in [0.1, 0.15) is 5.01 Å². The predicted octanol–water partition coefficient (Wildman–Crippen LogP) is 3.52. The first-order valence-electron chi connectivity index (χ1n) is 6.09. The Labute approximate surface area is 106 Å². The van der Waals surface area contributed by atoms with Gasteiger partial charge in [0, 0.05) is 11.4 Å². The van der Waals surface area contributed by atoms with E-state index in [4.69, 9.17) is 4.98 Å². The van der Waals surface area contributed by atoms with Gasteiger partial charge in [0.25, 0.3) is 0 Å². The molecule has 1 aromatic heterocycles. The maximum absolute atomic E-state index is 4.73. The zero-order chi connectivity index (χ0) is 11.4. The molecule has 1 N–H and O–H groups in total. The molecular weight excluding hydrogens is 236 g/mol. The van der Waals surface area contributed by atoms with Crippen LogP contribution < -0.4 is 5.32 Å². The summed E-state index contributed by atoms with van der Waals surface area (Å²) in [6, 6.07) is 0. The number of aryl methyl sites for hydroxylation is 1. The molecule has 1 unspecified atom stereocenters. The molecule has 0 aliphatic carbocycles. The first-order chi connectivity index (χ1) is 7.81. The van der Waals surface area contributed by atoms with E-state index in [9.17, 15) is 0 Å². The maximum atomic E-state index is 4.73. The summed E-state index contributed by atoms with van der Waals surface area (Å²) < 4.78 is 0. The van der Waals surface area contributed by atoms with Crippen molar-refractivity contribution >= 4 is 23.1 Å². The van der Waals surface area contributed by atoms with E-state index in [1.54, 1.807) is 0 Å². The fourth-order valence-electron chi connectivity index (χ4n) is 1.90. The van der Waals surface area contributed by atoms with E-state index in [0.29, 0.717) is 5.25 Å². The molecule has 0 amide bonds. The number of thiazole rings is 1. The highest BCUT2D eigenvalue weighted by molar-refractivity contribution is 7.99. The molecule has 1 aliphatic rings. The topological polar surface area (TPSA) is 24.9 Å². The Bertz CT molecular complexity index is 330. The van der Waals surface area contributed by atoms with Crippen LogP contribution in [0.15, 0.2) is 0 Å². The van der Waals surface area contributed by atoms with E-state index in [-0.39, 0.29) is 0 Å². The summed E-state index contributed by atoms with van der Waals surface area (Å²) in [5.41, 5.74) is 1.23.